The van der Waals surface area contributed by atoms with Gasteiger partial charge in [0.2, 0.25) is 5.91 Å². The first kappa shape index (κ1) is 23.9. The molecule has 0 atom stereocenters. The molecule has 1 aliphatic rings. The molecule has 2 N–H and O–H groups in total. The van der Waals surface area contributed by atoms with Crippen molar-refractivity contribution < 1.29 is 19.1 Å². The summed E-state index contributed by atoms with van der Waals surface area (Å²) in [6, 6.07) is 14.0. The number of carbonyl (C=O) groups is 3. The number of rotatable bonds is 7. The van der Waals surface area contributed by atoms with Gasteiger partial charge in [0.1, 0.15) is 0 Å². The first-order valence-corrected chi connectivity index (χ1v) is 12.1. The van der Waals surface area contributed by atoms with Crippen molar-refractivity contribution in [1.82, 2.24) is 5.32 Å². The number of nitrogens with one attached hydrogen (secondary N) is 2. The van der Waals surface area contributed by atoms with Crippen LogP contribution in [0.2, 0.25) is 0 Å². The molecular formula is C25H30N2O4S. The normalized spacial score (nSPS) is 14.7. The molecule has 2 aromatic rings. The molecule has 2 amide bonds. The predicted molar refractivity (Wildman–Crippen MR) is 127 cm³/mol. The Kier molecular flexibility index (Phi) is 9.16. The molecule has 1 saturated carbocycles. The largest absolute Gasteiger partial charge is 0.465 e. The molecule has 0 heterocycles. The van der Waals surface area contributed by atoms with Crippen LogP contribution in [0.1, 0.15) is 65.7 Å². The van der Waals surface area contributed by atoms with Crippen LogP contribution in [0, 0.1) is 0 Å². The van der Waals surface area contributed by atoms with E-state index in [9.17, 15) is 14.4 Å². The van der Waals surface area contributed by atoms with Crippen LogP contribution in [-0.2, 0) is 9.53 Å². The summed E-state index contributed by atoms with van der Waals surface area (Å²) >= 11 is 1.37. The molecule has 0 saturated heterocycles. The van der Waals surface area contributed by atoms with Crippen molar-refractivity contribution in [2.24, 2.45) is 0 Å². The maximum Gasteiger partial charge on any atom is 0.337 e. The predicted octanol–water partition coefficient (Wildman–Crippen LogP) is 5.05. The van der Waals surface area contributed by atoms with Gasteiger partial charge in [-0.2, -0.15) is 0 Å². The molecular weight excluding hydrogens is 424 g/mol. The third-order valence-corrected chi connectivity index (χ3v) is 6.60. The Balaban J connectivity index is 1.57. The lowest BCUT2D eigenvalue weighted by Crippen LogP contribution is -2.36. The molecule has 0 bridgehead atoms. The van der Waals surface area contributed by atoms with Crippen LogP contribution in [-0.4, -0.2) is 36.7 Å². The molecule has 3 rings (SSSR count). The van der Waals surface area contributed by atoms with E-state index in [4.69, 9.17) is 0 Å². The number of anilines is 1. The number of carbonyl (C=O) groups excluding carboxylic acids is 3. The molecule has 1 fully saturated rings. The summed E-state index contributed by atoms with van der Waals surface area (Å²) in [6.45, 7) is 0. The van der Waals surface area contributed by atoms with Gasteiger partial charge in [-0.1, -0.05) is 44.2 Å². The smallest absolute Gasteiger partial charge is 0.337 e. The highest BCUT2D eigenvalue weighted by Gasteiger charge is 2.16. The Labute approximate surface area is 193 Å². The Morgan fingerprint density at radius 3 is 2.28 bits per heavy atom. The zero-order chi connectivity index (χ0) is 22.8. The summed E-state index contributed by atoms with van der Waals surface area (Å²) in [4.78, 5) is 37.6. The summed E-state index contributed by atoms with van der Waals surface area (Å²) in [6.07, 6.45) is 8.21. The number of methoxy groups -OCH3 is 1. The molecule has 2 aromatic carbocycles. The minimum atomic E-state index is -0.428. The van der Waals surface area contributed by atoms with E-state index in [-0.39, 0.29) is 23.6 Å². The summed E-state index contributed by atoms with van der Waals surface area (Å²) in [5.41, 5.74) is 1.49. The molecule has 0 aliphatic heterocycles. The van der Waals surface area contributed by atoms with Gasteiger partial charge in [0.05, 0.1) is 24.0 Å². The van der Waals surface area contributed by atoms with Gasteiger partial charge < -0.3 is 15.4 Å². The zero-order valence-corrected chi connectivity index (χ0v) is 19.2. The van der Waals surface area contributed by atoms with Crippen molar-refractivity contribution in [1.29, 1.82) is 0 Å². The fourth-order valence-electron chi connectivity index (χ4n) is 3.80. The number of amides is 2. The number of thioether (sulfide) groups is 1. The Bertz CT molecular complexity index is 922. The average Bonchev–Trinajstić information content (AvgIpc) is 2.79. The van der Waals surface area contributed by atoms with E-state index in [2.05, 4.69) is 15.4 Å². The Hall–Kier alpha value is -2.80. The van der Waals surface area contributed by atoms with Crippen LogP contribution in [0.3, 0.4) is 0 Å². The molecule has 0 unspecified atom stereocenters. The van der Waals surface area contributed by atoms with E-state index in [0.29, 0.717) is 16.8 Å². The van der Waals surface area contributed by atoms with Crippen LogP contribution < -0.4 is 10.6 Å². The van der Waals surface area contributed by atoms with E-state index < -0.39 is 5.97 Å². The summed E-state index contributed by atoms with van der Waals surface area (Å²) < 4.78 is 4.69. The van der Waals surface area contributed by atoms with Gasteiger partial charge in [0, 0.05) is 16.6 Å². The van der Waals surface area contributed by atoms with Gasteiger partial charge in [0.25, 0.3) is 5.91 Å². The molecule has 0 radical (unpaired) electrons. The van der Waals surface area contributed by atoms with Crippen LogP contribution in [0.5, 0.6) is 0 Å². The maximum absolute atomic E-state index is 12.8. The van der Waals surface area contributed by atoms with E-state index in [1.165, 1.54) is 51.0 Å². The summed E-state index contributed by atoms with van der Waals surface area (Å²) in [5, 5.41) is 6.01. The van der Waals surface area contributed by atoms with E-state index in [0.717, 1.165) is 17.7 Å². The van der Waals surface area contributed by atoms with Crippen molar-refractivity contribution in [3.8, 4) is 0 Å². The fourth-order valence-corrected chi connectivity index (χ4v) is 4.66. The van der Waals surface area contributed by atoms with Crippen LogP contribution >= 0.6 is 11.8 Å². The molecule has 32 heavy (non-hydrogen) atoms. The number of benzene rings is 2. The highest BCUT2D eigenvalue weighted by atomic mass is 32.2. The van der Waals surface area contributed by atoms with Crippen LogP contribution in [0.15, 0.2) is 53.4 Å². The fraction of sp³-hybridized carbons (Fsp3) is 0.400. The first-order chi connectivity index (χ1) is 15.6. The summed E-state index contributed by atoms with van der Waals surface area (Å²) in [7, 11) is 1.32. The number of hydrogen-bond acceptors (Lipinski definition) is 5. The van der Waals surface area contributed by atoms with Gasteiger partial charge in [-0.25, -0.2) is 4.79 Å². The summed E-state index contributed by atoms with van der Waals surface area (Å²) in [5.74, 6) is -0.412. The minimum Gasteiger partial charge on any atom is -0.465 e. The average molecular weight is 455 g/mol. The number of ether oxygens (including phenoxy) is 1. The van der Waals surface area contributed by atoms with Crippen molar-refractivity contribution in [3.63, 3.8) is 0 Å². The van der Waals surface area contributed by atoms with Crippen molar-refractivity contribution in [2.45, 2.75) is 55.9 Å². The van der Waals surface area contributed by atoms with Crippen molar-refractivity contribution >= 4 is 35.2 Å². The van der Waals surface area contributed by atoms with Gasteiger partial charge in [-0.3, -0.25) is 9.59 Å². The quantitative estimate of drug-likeness (QED) is 0.452. The maximum atomic E-state index is 12.8. The van der Waals surface area contributed by atoms with Gasteiger partial charge in [-0.05, 0) is 49.2 Å². The van der Waals surface area contributed by atoms with Crippen molar-refractivity contribution in [2.75, 3.05) is 18.2 Å². The van der Waals surface area contributed by atoms with E-state index in [1.54, 1.807) is 36.4 Å². The minimum absolute atomic E-state index is 0.00850. The number of esters is 1. The van der Waals surface area contributed by atoms with E-state index >= 15 is 0 Å². The third kappa shape index (κ3) is 7.12. The van der Waals surface area contributed by atoms with Crippen molar-refractivity contribution in [3.05, 3.63) is 59.7 Å². The Morgan fingerprint density at radius 1 is 0.938 bits per heavy atom. The molecule has 0 aromatic heterocycles. The van der Waals surface area contributed by atoms with Gasteiger partial charge in [0.15, 0.2) is 0 Å². The molecule has 1 aliphatic carbocycles. The lowest BCUT2D eigenvalue weighted by atomic mass is 9.97. The lowest BCUT2D eigenvalue weighted by molar-refractivity contribution is -0.119. The standard InChI is InChI=1S/C25H30N2O4S/c1-31-25(30)18-13-15-20(16-14-18)27-24(29)21-11-7-8-12-22(21)32-17-23(28)26-19-9-5-3-2-4-6-10-19/h7-8,11-16,19H,2-6,9-10,17H2,1H3,(H,26,28)(H,27,29). The highest BCUT2D eigenvalue weighted by Crippen LogP contribution is 2.24. The monoisotopic (exact) mass is 454 g/mol. The topological polar surface area (TPSA) is 84.5 Å². The first-order valence-electron chi connectivity index (χ1n) is 11.1. The van der Waals surface area contributed by atoms with Crippen LogP contribution in [0.4, 0.5) is 5.69 Å². The second-order valence-corrected chi connectivity index (χ2v) is 8.93. The molecule has 0 spiro atoms. The zero-order valence-electron chi connectivity index (χ0n) is 18.4. The highest BCUT2D eigenvalue weighted by molar-refractivity contribution is 8.00. The molecule has 170 valence electrons. The van der Waals surface area contributed by atoms with Crippen LogP contribution in [0.25, 0.3) is 0 Å². The number of hydrogen-bond donors (Lipinski definition) is 2. The Morgan fingerprint density at radius 2 is 1.59 bits per heavy atom. The van der Waals surface area contributed by atoms with E-state index in [1.807, 2.05) is 12.1 Å². The lowest BCUT2D eigenvalue weighted by Gasteiger charge is -2.21. The van der Waals surface area contributed by atoms with Gasteiger partial charge >= 0.3 is 5.97 Å². The second kappa shape index (κ2) is 12.3. The molecule has 6 nitrogen and oxygen atoms in total. The molecule has 7 heteroatoms. The van der Waals surface area contributed by atoms with Gasteiger partial charge in [-0.15, -0.1) is 11.8 Å². The SMILES string of the molecule is COC(=O)c1ccc(NC(=O)c2ccccc2SCC(=O)NC2CCCCCCC2)cc1. The second-order valence-electron chi connectivity index (χ2n) is 7.92. The third-order valence-electron chi connectivity index (χ3n) is 5.52.